The fraction of sp³-hybridized carbons (Fsp3) is 0.556. The van der Waals surface area contributed by atoms with E-state index in [1.807, 2.05) is 0 Å². The first-order valence-corrected chi connectivity index (χ1v) is 6.66. The van der Waals surface area contributed by atoms with E-state index in [1.165, 1.54) is 30.1 Å². The number of aromatic nitrogens is 2. The fourth-order valence-electron chi connectivity index (χ4n) is 1.75. The minimum absolute atomic E-state index is 0.0479. The summed E-state index contributed by atoms with van der Waals surface area (Å²) in [6.07, 6.45) is 1.90. The zero-order chi connectivity index (χ0) is 13.2. The molecule has 0 spiro atoms. The Labute approximate surface area is 104 Å². The van der Waals surface area contributed by atoms with Crippen LogP contribution in [-0.2, 0) is 26.6 Å². The average molecular weight is 272 g/mol. The van der Waals surface area contributed by atoms with Crippen LogP contribution in [0.2, 0.25) is 0 Å². The van der Waals surface area contributed by atoms with Gasteiger partial charge in [0.1, 0.15) is 0 Å². The molecule has 1 aliphatic rings. The maximum Gasteiger partial charge on any atom is 0.262 e. The second kappa shape index (κ2) is 4.99. The fourth-order valence-corrected chi connectivity index (χ4v) is 3.35. The number of morpholine rings is 1. The minimum Gasteiger partial charge on any atom is -0.376 e. The first-order valence-electron chi connectivity index (χ1n) is 5.22. The molecule has 0 radical (unpaired) electrons. The zero-order valence-corrected chi connectivity index (χ0v) is 10.5. The molecule has 0 aromatic carbocycles. The van der Waals surface area contributed by atoms with Crippen LogP contribution in [-0.4, -0.2) is 54.5 Å². The number of hydrogen-bond donors (Lipinski definition) is 0. The standard InChI is InChI=1S/C9H12N4O4S/c1-12-9(2-3-11-12)18(15,16)13-4-5-17-6-8(13)10-7-14/h2-3,8H,4-6H2,1H3. The van der Waals surface area contributed by atoms with Crippen molar-refractivity contribution in [2.75, 3.05) is 19.8 Å². The van der Waals surface area contributed by atoms with Crippen molar-refractivity contribution < 1.29 is 17.9 Å². The SMILES string of the molecule is Cn1nccc1S(=O)(=O)N1CCOCC1N=C=O. The molecule has 0 aliphatic carbocycles. The molecule has 1 aromatic heterocycles. The number of carbonyl (C=O) groups excluding carboxylic acids is 1. The van der Waals surface area contributed by atoms with Crippen LogP contribution in [0.25, 0.3) is 0 Å². The summed E-state index contributed by atoms with van der Waals surface area (Å²) in [5.41, 5.74) is 0. The first kappa shape index (κ1) is 12.9. The van der Waals surface area contributed by atoms with Crippen LogP contribution in [0, 0.1) is 0 Å². The summed E-state index contributed by atoms with van der Waals surface area (Å²) in [4.78, 5) is 13.8. The Balaban J connectivity index is 2.39. The lowest BCUT2D eigenvalue weighted by atomic mass is 10.4. The number of isocyanates is 1. The first-order chi connectivity index (χ1) is 8.57. The van der Waals surface area contributed by atoms with E-state index in [9.17, 15) is 13.2 Å². The Kier molecular flexibility index (Phi) is 3.58. The molecule has 2 rings (SSSR count). The molecular formula is C9H12N4O4S. The van der Waals surface area contributed by atoms with Crippen molar-refractivity contribution in [3.05, 3.63) is 12.3 Å². The number of hydrogen-bond acceptors (Lipinski definition) is 6. The maximum atomic E-state index is 12.4. The lowest BCUT2D eigenvalue weighted by Crippen LogP contribution is -2.48. The summed E-state index contributed by atoms with van der Waals surface area (Å²) in [5.74, 6) is 0. The van der Waals surface area contributed by atoms with E-state index < -0.39 is 16.2 Å². The van der Waals surface area contributed by atoms with Crippen molar-refractivity contribution in [2.45, 2.75) is 11.2 Å². The third-order valence-corrected chi connectivity index (χ3v) is 4.58. The van der Waals surface area contributed by atoms with E-state index in [0.29, 0.717) is 0 Å². The lowest BCUT2D eigenvalue weighted by molar-refractivity contribution is 0.0357. The van der Waals surface area contributed by atoms with Gasteiger partial charge in [0.25, 0.3) is 10.0 Å². The molecule has 2 heterocycles. The van der Waals surface area contributed by atoms with Crippen molar-refractivity contribution >= 4 is 16.1 Å². The van der Waals surface area contributed by atoms with Crippen LogP contribution in [0.3, 0.4) is 0 Å². The van der Waals surface area contributed by atoms with Gasteiger partial charge in [-0.25, -0.2) is 13.2 Å². The summed E-state index contributed by atoms with van der Waals surface area (Å²) < 4.78 is 32.2. The van der Waals surface area contributed by atoms with Gasteiger partial charge in [0.2, 0.25) is 6.08 Å². The molecule has 1 aliphatic heterocycles. The summed E-state index contributed by atoms with van der Waals surface area (Å²) in [6, 6.07) is 1.40. The monoisotopic (exact) mass is 272 g/mol. The molecule has 0 saturated carbocycles. The van der Waals surface area contributed by atoms with Gasteiger partial charge in [-0.3, -0.25) is 4.68 Å². The number of rotatable bonds is 3. The van der Waals surface area contributed by atoms with Gasteiger partial charge in [0.15, 0.2) is 11.2 Å². The van der Waals surface area contributed by atoms with Crippen LogP contribution < -0.4 is 0 Å². The molecule has 1 saturated heterocycles. The molecule has 98 valence electrons. The highest BCUT2D eigenvalue weighted by molar-refractivity contribution is 7.89. The third-order valence-electron chi connectivity index (χ3n) is 2.61. The zero-order valence-electron chi connectivity index (χ0n) is 9.68. The van der Waals surface area contributed by atoms with Crippen molar-refractivity contribution in [1.82, 2.24) is 14.1 Å². The normalized spacial score (nSPS) is 21.5. The maximum absolute atomic E-state index is 12.4. The van der Waals surface area contributed by atoms with Crippen molar-refractivity contribution in [1.29, 1.82) is 0 Å². The predicted octanol–water partition coefficient (Wildman–Crippen LogP) is -0.897. The Morgan fingerprint density at radius 3 is 3.00 bits per heavy atom. The molecule has 9 heteroatoms. The number of sulfonamides is 1. The molecular weight excluding hydrogens is 260 g/mol. The van der Waals surface area contributed by atoms with E-state index in [0.717, 1.165) is 4.31 Å². The Hall–Kier alpha value is -1.54. The van der Waals surface area contributed by atoms with Gasteiger partial charge in [-0.15, -0.1) is 0 Å². The van der Waals surface area contributed by atoms with Crippen LogP contribution in [0.15, 0.2) is 22.3 Å². The molecule has 0 bridgehead atoms. The lowest BCUT2D eigenvalue weighted by Gasteiger charge is -2.30. The largest absolute Gasteiger partial charge is 0.376 e. The van der Waals surface area contributed by atoms with E-state index in [2.05, 4.69) is 10.1 Å². The minimum atomic E-state index is -3.74. The molecule has 1 aromatic rings. The highest BCUT2D eigenvalue weighted by Crippen LogP contribution is 2.20. The Morgan fingerprint density at radius 1 is 1.61 bits per heavy atom. The second-order valence-electron chi connectivity index (χ2n) is 3.68. The van der Waals surface area contributed by atoms with Gasteiger partial charge in [-0.1, -0.05) is 0 Å². The third kappa shape index (κ3) is 2.21. The van der Waals surface area contributed by atoms with E-state index in [1.54, 1.807) is 0 Å². The van der Waals surface area contributed by atoms with Crippen LogP contribution in [0.4, 0.5) is 0 Å². The highest BCUT2D eigenvalue weighted by Gasteiger charge is 2.35. The smallest absolute Gasteiger partial charge is 0.262 e. The number of aliphatic imine (C=N–C) groups is 1. The van der Waals surface area contributed by atoms with E-state index >= 15 is 0 Å². The Morgan fingerprint density at radius 2 is 2.39 bits per heavy atom. The van der Waals surface area contributed by atoms with Crippen molar-refractivity contribution in [2.24, 2.45) is 12.0 Å². The second-order valence-corrected chi connectivity index (χ2v) is 5.52. The molecule has 8 nitrogen and oxygen atoms in total. The van der Waals surface area contributed by atoms with E-state index in [-0.39, 0.29) is 24.8 Å². The Bertz CT molecular complexity index is 575. The quantitative estimate of drug-likeness (QED) is 0.525. The van der Waals surface area contributed by atoms with Gasteiger partial charge in [-0.05, 0) is 6.07 Å². The van der Waals surface area contributed by atoms with Gasteiger partial charge in [-0.2, -0.15) is 14.4 Å². The number of nitrogens with zero attached hydrogens (tertiary/aromatic N) is 4. The summed E-state index contributed by atoms with van der Waals surface area (Å²) >= 11 is 0. The summed E-state index contributed by atoms with van der Waals surface area (Å²) in [6.45, 7) is 0.456. The van der Waals surface area contributed by atoms with Crippen LogP contribution >= 0.6 is 0 Å². The predicted molar refractivity (Wildman–Crippen MR) is 59.8 cm³/mol. The topological polar surface area (TPSA) is 93.9 Å². The highest BCUT2D eigenvalue weighted by atomic mass is 32.2. The van der Waals surface area contributed by atoms with Crippen molar-refractivity contribution in [3.8, 4) is 0 Å². The van der Waals surface area contributed by atoms with Gasteiger partial charge >= 0.3 is 0 Å². The van der Waals surface area contributed by atoms with Crippen LogP contribution in [0.5, 0.6) is 0 Å². The number of ether oxygens (including phenoxy) is 1. The molecule has 18 heavy (non-hydrogen) atoms. The molecule has 1 fully saturated rings. The molecule has 0 amide bonds. The summed E-state index contributed by atoms with van der Waals surface area (Å²) in [5, 5.41) is 3.87. The molecule has 1 atom stereocenters. The van der Waals surface area contributed by atoms with Gasteiger partial charge < -0.3 is 4.74 Å². The molecule has 1 unspecified atom stereocenters. The number of aryl methyl sites for hydroxylation is 1. The summed E-state index contributed by atoms with van der Waals surface area (Å²) in [7, 11) is -2.21. The van der Waals surface area contributed by atoms with Gasteiger partial charge in [0, 0.05) is 13.6 Å². The van der Waals surface area contributed by atoms with Crippen LogP contribution in [0.1, 0.15) is 0 Å². The van der Waals surface area contributed by atoms with Crippen molar-refractivity contribution in [3.63, 3.8) is 0 Å². The molecule has 0 N–H and O–H groups in total. The van der Waals surface area contributed by atoms with Gasteiger partial charge in [0.05, 0.1) is 19.4 Å². The average Bonchev–Trinajstić information content (AvgIpc) is 2.77. The van der Waals surface area contributed by atoms with E-state index in [4.69, 9.17) is 4.74 Å².